The number of anilines is 1. The second-order valence-corrected chi connectivity index (χ2v) is 10.6. The summed E-state index contributed by atoms with van der Waals surface area (Å²) in [5, 5.41) is 20.3. The molecule has 0 N–H and O–H groups in total. The van der Waals surface area contributed by atoms with Crippen LogP contribution in [-0.4, -0.2) is 80.5 Å². The van der Waals surface area contributed by atoms with Crippen LogP contribution < -0.4 is 4.90 Å². The van der Waals surface area contributed by atoms with Crippen molar-refractivity contribution in [2.75, 3.05) is 57.5 Å². The molecule has 1 aromatic carbocycles. The summed E-state index contributed by atoms with van der Waals surface area (Å²) in [5.74, 6) is 0. The van der Waals surface area contributed by atoms with Crippen LogP contribution in [0.2, 0.25) is 0 Å². The van der Waals surface area contributed by atoms with Gasteiger partial charge in [0.2, 0.25) is 15.2 Å². The minimum Gasteiger partial charge on any atom is -0.379 e. The minimum absolute atomic E-state index is 0.105. The van der Waals surface area contributed by atoms with E-state index in [-0.39, 0.29) is 36.9 Å². The number of non-ortho nitro benzene ring substituents is 1. The van der Waals surface area contributed by atoms with Gasteiger partial charge in [-0.3, -0.25) is 10.1 Å². The molecule has 0 amide bonds. The normalized spacial score (nSPS) is 18.5. The Morgan fingerprint density at radius 3 is 2.40 bits per heavy atom. The van der Waals surface area contributed by atoms with Gasteiger partial charge < -0.3 is 14.4 Å². The SMILES string of the molecule is O=[N+]([O-])c1ccc(Sc2nnc(N3CCOCC3)s2)c(S(=O)(=O)N2CCOCC2)c1. The smallest absolute Gasteiger partial charge is 0.270 e. The van der Waals surface area contributed by atoms with E-state index in [2.05, 4.69) is 15.1 Å². The fraction of sp³-hybridized carbons (Fsp3) is 0.500. The van der Waals surface area contributed by atoms with Crippen LogP contribution in [0.3, 0.4) is 0 Å². The first-order chi connectivity index (χ1) is 14.4. The van der Waals surface area contributed by atoms with Crippen LogP contribution in [0.15, 0.2) is 32.3 Å². The molecule has 2 aliphatic rings. The molecule has 3 heterocycles. The Kier molecular flexibility index (Phi) is 6.50. The van der Waals surface area contributed by atoms with E-state index in [0.717, 1.165) is 23.0 Å². The van der Waals surface area contributed by atoms with Gasteiger partial charge in [0, 0.05) is 43.2 Å². The minimum atomic E-state index is -3.92. The molecule has 30 heavy (non-hydrogen) atoms. The number of benzene rings is 1. The maximum absolute atomic E-state index is 13.2. The number of hydrogen-bond donors (Lipinski definition) is 0. The summed E-state index contributed by atoms with van der Waals surface area (Å²) in [6.07, 6.45) is 0. The summed E-state index contributed by atoms with van der Waals surface area (Å²) < 4.78 is 38.8. The van der Waals surface area contributed by atoms with E-state index < -0.39 is 14.9 Å². The molecule has 2 fully saturated rings. The average Bonchev–Trinajstić information content (AvgIpc) is 3.23. The summed E-state index contributed by atoms with van der Waals surface area (Å²) in [5.41, 5.74) is -0.280. The highest BCUT2D eigenvalue weighted by Crippen LogP contribution is 2.39. The number of rotatable bonds is 6. The van der Waals surface area contributed by atoms with Gasteiger partial charge >= 0.3 is 0 Å². The molecule has 162 valence electrons. The van der Waals surface area contributed by atoms with Crippen LogP contribution in [0.5, 0.6) is 0 Å². The average molecular weight is 474 g/mol. The molecule has 0 atom stereocenters. The molecule has 0 aliphatic carbocycles. The van der Waals surface area contributed by atoms with Gasteiger partial charge in [-0.1, -0.05) is 23.1 Å². The number of hydrogen-bond acceptors (Lipinski definition) is 11. The Morgan fingerprint density at radius 1 is 1.07 bits per heavy atom. The van der Waals surface area contributed by atoms with Crippen molar-refractivity contribution in [2.45, 2.75) is 14.1 Å². The Bertz CT molecular complexity index is 1020. The van der Waals surface area contributed by atoms with Crippen molar-refractivity contribution in [2.24, 2.45) is 0 Å². The molecule has 0 unspecified atom stereocenters. The maximum atomic E-state index is 13.2. The van der Waals surface area contributed by atoms with Gasteiger partial charge in [-0.05, 0) is 6.07 Å². The van der Waals surface area contributed by atoms with Gasteiger partial charge in [0.25, 0.3) is 5.69 Å². The van der Waals surface area contributed by atoms with Gasteiger partial charge in [0.1, 0.15) is 4.90 Å². The van der Waals surface area contributed by atoms with E-state index >= 15 is 0 Å². The molecular weight excluding hydrogens is 454 g/mol. The van der Waals surface area contributed by atoms with Crippen molar-refractivity contribution in [3.8, 4) is 0 Å². The second kappa shape index (κ2) is 9.11. The van der Waals surface area contributed by atoms with E-state index in [0.29, 0.717) is 35.5 Å². The van der Waals surface area contributed by atoms with Crippen LogP contribution in [-0.2, 0) is 19.5 Å². The lowest BCUT2D eigenvalue weighted by atomic mass is 10.3. The molecule has 0 spiro atoms. The van der Waals surface area contributed by atoms with Gasteiger partial charge in [0.05, 0.1) is 31.4 Å². The zero-order valence-corrected chi connectivity index (χ0v) is 18.2. The first kappa shape index (κ1) is 21.4. The van der Waals surface area contributed by atoms with Gasteiger partial charge in [-0.2, -0.15) is 4.31 Å². The third-order valence-electron chi connectivity index (χ3n) is 4.60. The predicted molar refractivity (Wildman–Crippen MR) is 110 cm³/mol. The highest BCUT2D eigenvalue weighted by Gasteiger charge is 2.31. The quantitative estimate of drug-likeness (QED) is 0.449. The van der Waals surface area contributed by atoms with E-state index in [1.165, 1.54) is 27.8 Å². The van der Waals surface area contributed by atoms with Gasteiger partial charge in [-0.15, -0.1) is 10.2 Å². The predicted octanol–water partition coefficient (Wildman–Crippen LogP) is 1.45. The number of nitrogens with zero attached hydrogens (tertiary/aromatic N) is 5. The van der Waals surface area contributed by atoms with Crippen molar-refractivity contribution < 1.29 is 22.8 Å². The van der Waals surface area contributed by atoms with Crippen LogP contribution in [0, 0.1) is 10.1 Å². The largest absolute Gasteiger partial charge is 0.379 e. The standard InChI is InChI=1S/C16H19N5O6S3/c22-21(23)12-1-2-13(14(11-12)30(24,25)20-5-9-27-10-6-20)28-16-18-17-15(29-16)19-3-7-26-8-4-19/h1-2,11H,3-10H2. The van der Waals surface area contributed by atoms with Gasteiger partial charge in [0.15, 0.2) is 4.34 Å². The topological polar surface area (TPSA) is 128 Å². The Balaban J connectivity index is 1.64. The van der Waals surface area contributed by atoms with Crippen molar-refractivity contribution >= 4 is 43.9 Å². The van der Waals surface area contributed by atoms with Crippen molar-refractivity contribution in [3.63, 3.8) is 0 Å². The van der Waals surface area contributed by atoms with Crippen molar-refractivity contribution in [1.29, 1.82) is 0 Å². The summed E-state index contributed by atoms with van der Waals surface area (Å²) in [6, 6.07) is 3.85. The number of sulfonamides is 1. The molecule has 11 nitrogen and oxygen atoms in total. The van der Waals surface area contributed by atoms with Crippen LogP contribution >= 0.6 is 23.1 Å². The molecule has 0 radical (unpaired) electrons. The lowest BCUT2D eigenvalue weighted by Crippen LogP contribution is -2.40. The number of ether oxygens (including phenoxy) is 2. The lowest BCUT2D eigenvalue weighted by Gasteiger charge is -2.26. The zero-order valence-electron chi connectivity index (χ0n) is 15.8. The molecule has 2 aromatic rings. The Labute approximate surface area is 181 Å². The summed E-state index contributed by atoms with van der Waals surface area (Å²) in [7, 11) is -3.92. The monoisotopic (exact) mass is 473 g/mol. The lowest BCUT2D eigenvalue weighted by molar-refractivity contribution is -0.385. The number of morpholine rings is 2. The number of nitro groups is 1. The first-order valence-electron chi connectivity index (χ1n) is 9.15. The zero-order chi connectivity index (χ0) is 21.1. The maximum Gasteiger partial charge on any atom is 0.270 e. The molecule has 14 heteroatoms. The molecule has 2 aliphatic heterocycles. The fourth-order valence-corrected chi connectivity index (χ4v) is 6.84. The van der Waals surface area contributed by atoms with Crippen LogP contribution in [0.25, 0.3) is 0 Å². The van der Waals surface area contributed by atoms with Crippen molar-refractivity contribution in [1.82, 2.24) is 14.5 Å². The van der Waals surface area contributed by atoms with Crippen molar-refractivity contribution in [3.05, 3.63) is 28.3 Å². The fourth-order valence-electron chi connectivity index (χ4n) is 3.04. The van der Waals surface area contributed by atoms with E-state index in [9.17, 15) is 18.5 Å². The second-order valence-electron chi connectivity index (χ2n) is 6.46. The number of aromatic nitrogens is 2. The summed E-state index contributed by atoms with van der Waals surface area (Å²) in [4.78, 5) is 13.0. The molecular formula is C16H19N5O6S3. The molecule has 1 aromatic heterocycles. The molecule has 0 bridgehead atoms. The highest BCUT2D eigenvalue weighted by atomic mass is 32.2. The van der Waals surface area contributed by atoms with Crippen LogP contribution in [0.1, 0.15) is 0 Å². The summed E-state index contributed by atoms with van der Waals surface area (Å²) >= 11 is 2.49. The molecule has 4 rings (SSSR count). The molecule has 0 saturated carbocycles. The number of nitro benzene ring substituents is 1. The summed E-state index contributed by atoms with van der Waals surface area (Å²) in [6.45, 7) is 3.65. The molecule has 2 saturated heterocycles. The Hall–Kier alpha value is -1.84. The van der Waals surface area contributed by atoms with E-state index in [1.807, 2.05) is 0 Å². The van der Waals surface area contributed by atoms with E-state index in [4.69, 9.17) is 9.47 Å². The van der Waals surface area contributed by atoms with Gasteiger partial charge in [-0.25, -0.2) is 8.42 Å². The van der Waals surface area contributed by atoms with Crippen LogP contribution in [0.4, 0.5) is 10.8 Å². The third-order valence-corrected chi connectivity index (χ3v) is 8.78. The Morgan fingerprint density at radius 2 is 1.73 bits per heavy atom. The van der Waals surface area contributed by atoms with E-state index in [1.54, 1.807) is 0 Å². The highest BCUT2D eigenvalue weighted by molar-refractivity contribution is 8.01. The third kappa shape index (κ3) is 4.58. The first-order valence-corrected chi connectivity index (χ1v) is 12.2.